The lowest BCUT2D eigenvalue weighted by molar-refractivity contribution is -0.205. The van der Waals surface area contributed by atoms with Crippen LogP contribution in [0.5, 0.6) is 0 Å². The number of methoxy groups -OCH3 is 3. The van der Waals surface area contributed by atoms with Gasteiger partial charge in [-0.25, -0.2) is 0 Å². The van der Waals surface area contributed by atoms with Crippen LogP contribution in [0.25, 0.3) is 0 Å². The Labute approximate surface area is 177 Å². The van der Waals surface area contributed by atoms with Gasteiger partial charge in [0.1, 0.15) is 6.10 Å². The minimum absolute atomic E-state index is 0.0498. The third-order valence-corrected chi connectivity index (χ3v) is 7.21. The van der Waals surface area contributed by atoms with Crippen LogP contribution in [0, 0.1) is 17.8 Å². The molecule has 0 spiro atoms. The zero-order valence-electron chi connectivity index (χ0n) is 19.4. The zero-order valence-corrected chi connectivity index (χ0v) is 19.4. The Morgan fingerprint density at radius 1 is 1.17 bits per heavy atom. The average molecular weight is 411 g/mol. The van der Waals surface area contributed by atoms with Crippen LogP contribution in [-0.2, 0) is 18.9 Å². The molecule has 5 nitrogen and oxygen atoms in total. The van der Waals surface area contributed by atoms with Gasteiger partial charge in [-0.3, -0.25) is 0 Å². The van der Waals surface area contributed by atoms with Gasteiger partial charge in [-0.15, -0.1) is 0 Å². The second kappa shape index (κ2) is 11.1. The Kier molecular flexibility index (Phi) is 9.36. The normalized spacial score (nSPS) is 36.6. The molecule has 0 aromatic heterocycles. The first kappa shape index (κ1) is 24.5. The molecule has 0 radical (unpaired) electrons. The molecule has 1 aliphatic carbocycles. The lowest BCUT2D eigenvalue weighted by Crippen LogP contribution is -2.52. The first-order valence-electron chi connectivity index (χ1n) is 11.1. The van der Waals surface area contributed by atoms with E-state index in [0.29, 0.717) is 11.8 Å². The smallest absolute Gasteiger partial charge is 0.158 e. The van der Waals surface area contributed by atoms with Crippen molar-refractivity contribution in [3.05, 3.63) is 23.8 Å². The zero-order chi connectivity index (χ0) is 21.6. The molecular weight excluding hydrogens is 368 g/mol. The van der Waals surface area contributed by atoms with Gasteiger partial charge in [0.15, 0.2) is 6.29 Å². The summed E-state index contributed by atoms with van der Waals surface area (Å²) in [6.07, 6.45) is 10.8. The second-order valence-corrected chi connectivity index (χ2v) is 8.97. The summed E-state index contributed by atoms with van der Waals surface area (Å²) in [6.45, 7) is 8.58. The fourth-order valence-corrected chi connectivity index (χ4v) is 4.88. The van der Waals surface area contributed by atoms with Crippen LogP contribution in [0.15, 0.2) is 23.8 Å². The van der Waals surface area contributed by atoms with Gasteiger partial charge in [-0.05, 0) is 50.0 Å². The molecule has 1 saturated carbocycles. The van der Waals surface area contributed by atoms with E-state index in [2.05, 4.69) is 39.8 Å². The van der Waals surface area contributed by atoms with Gasteiger partial charge >= 0.3 is 0 Å². The second-order valence-electron chi connectivity index (χ2n) is 8.97. The molecule has 1 saturated heterocycles. The SMILES string of the molecule is CC[C@H](OC)[C@@H](C)C1CC(O)([C@@H](C)/C=C/C=C(\C)[C@H]2O[C@H](OC)CC[C@@H]2OC)C1. The highest BCUT2D eigenvalue weighted by molar-refractivity contribution is 5.18. The Morgan fingerprint density at radius 2 is 1.86 bits per heavy atom. The molecule has 1 N–H and O–H groups in total. The maximum atomic E-state index is 11.0. The summed E-state index contributed by atoms with van der Waals surface area (Å²) in [7, 11) is 5.20. The van der Waals surface area contributed by atoms with E-state index in [0.717, 1.165) is 37.7 Å². The highest BCUT2D eigenvalue weighted by Gasteiger charge is 2.48. The highest BCUT2D eigenvalue weighted by Crippen LogP contribution is 2.48. The Morgan fingerprint density at radius 3 is 2.41 bits per heavy atom. The van der Waals surface area contributed by atoms with Crippen LogP contribution in [0.3, 0.4) is 0 Å². The van der Waals surface area contributed by atoms with E-state index in [-0.39, 0.29) is 30.5 Å². The molecule has 0 aromatic carbocycles. The van der Waals surface area contributed by atoms with Gasteiger partial charge in [0.25, 0.3) is 0 Å². The Bertz CT molecular complexity index is 547. The molecular formula is C24H42O5. The van der Waals surface area contributed by atoms with Crippen molar-refractivity contribution in [3.8, 4) is 0 Å². The van der Waals surface area contributed by atoms with Crippen LogP contribution < -0.4 is 0 Å². The van der Waals surface area contributed by atoms with Crippen LogP contribution >= 0.6 is 0 Å². The van der Waals surface area contributed by atoms with Gasteiger partial charge in [0.05, 0.1) is 17.8 Å². The quantitative estimate of drug-likeness (QED) is 0.538. The van der Waals surface area contributed by atoms with Crippen molar-refractivity contribution in [2.75, 3.05) is 21.3 Å². The highest BCUT2D eigenvalue weighted by atomic mass is 16.7. The van der Waals surface area contributed by atoms with Gasteiger partial charge in [-0.1, -0.05) is 39.0 Å². The first-order chi connectivity index (χ1) is 13.8. The van der Waals surface area contributed by atoms with E-state index in [1.807, 2.05) is 6.08 Å². The standard InChI is InChI=1S/C24H42O5/c1-8-20(26-5)18(4)19-14-24(25,15-19)17(3)11-9-10-16(2)23-21(27-6)12-13-22(28-7)29-23/h9-11,17-23,25H,8,12-15H2,1-7H3/b11-9+,16-10+/t17-,18-,19?,20-,21-,22-,23+,24?/m0/s1. The van der Waals surface area contributed by atoms with Crippen molar-refractivity contribution in [1.29, 1.82) is 0 Å². The molecule has 2 rings (SSSR count). The fourth-order valence-electron chi connectivity index (χ4n) is 4.88. The van der Waals surface area contributed by atoms with Crippen LogP contribution in [-0.4, -0.2) is 56.6 Å². The summed E-state index contributed by atoms with van der Waals surface area (Å²) in [5.41, 5.74) is 0.501. The lowest BCUT2D eigenvalue weighted by Gasteiger charge is -2.50. The predicted octanol–water partition coefficient (Wildman–Crippen LogP) is 4.49. The van der Waals surface area contributed by atoms with Crippen LogP contribution in [0.4, 0.5) is 0 Å². The number of aliphatic hydroxyl groups is 1. The molecule has 1 aliphatic heterocycles. The molecule has 5 heteroatoms. The number of hydrogen-bond donors (Lipinski definition) is 1. The van der Waals surface area contributed by atoms with Gasteiger partial charge in [0, 0.05) is 33.7 Å². The van der Waals surface area contributed by atoms with E-state index in [1.165, 1.54) is 0 Å². The molecule has 0 unspecified atom stereocenters. The molecule has 2 aliphatic rings. The molecule has 0 aromatic rings. The lowest BCUT2D eigenvalue weighted by atomic mass is 9.60. The number of hydrogen-bond acceptors (Lipinski definition) is 5. The predicted molar refractivity (Wildman–Crippen MR) is 116 cm³/mol. The number of rotatable bonds is 10. The summed E-state index contributed by atoms with van der Waals surface area (Å²) in [4.78, 5) is 0. The third kappa shape index (κ3) is 5.92. The Balaban J connectivity index is 1.92. The Hall–Kier alpha value is -0.720. The first-order valence-corrected chi connectivity index (χ1v) is 11.1. The van der Waals surface area contributed by atoms with Gasteiger partial charge < -0.3 is 24.1 Å². The summed E-state index contributed by atoms with van der Waals surface area (Å²) in [6, 6.07) is 0. The molecule has 1 heterocycles. The van der Waals surface area contributed by atoms with Gasteiger partial charge in [-0.2, -0.15) is 0 Å². The topological polar surface area (TPSA) is 57.2 Å². The van der Waals surface area contributed by atoms with E-state index < -0.39 is 5.60 Å². The maximum absolute atomic E-state index is 11.0. The monoisotopic (exact) mass is 410 g/mol. The summed E-state index contributed by atoms with van der Waals surface area (Å²) in [5.74, 6) is 1.11. The van der Waals surface area contributed by atoms with E-state index in [1.54, 1.807) is 21.3 Å². The summed E-state index contributed by atoms with van der Waals surface area (Å²) in [5, 5.41) is 11.0. The molecule has 0 amide bonds. The van der Waals surface area contributed by atoms with Gasteiger partial charge in [0.2, 0.25) is 0 Å². The van der Waals surface area contributed by atoms with E-state index >= 15 is 0 Å². The molecule has 168 valence electrons. The average Bonchev–Trinajstić information content (AvgIpc) is 2.71. The molecule has 29 heavy (non-hydrogen) atoms. The van der Waals surface area contributed by atoms with Crippen LogP contribution in [0.2, 0.25) is 0 Å². The number of allylic oxidation sites excluding steroid dienone is 2. The van der Waals surface area contributed by atoms with Crippen molar-refractivity contribution in [3.63, 3.8) is 0 Å². The molecule has 2 fully saturated rings. The van der Waals surface area contributed by atoms with Crippen molar-refractivity contribution in [2.24, 2.45) is 17.8 Å². The summed E-state index contributed by atoms with van der Waals surface area (Å²) < 4.78 is 22.6. The largest absolute Gasteiger partial charge is 0.389 e. The van der Waals surface area contributed by atoms with Crippen molar-refractivity contribution in [1.82, 2.24) is 0 Å². The van der Waals surface area contributed by atoms with E-state index in [9.17, 15) is 5.11 Å². The third-order valence-electron chi connectivity index (χ3n) is 7.21. The van der Waals surface area contributed by atoms with Crippen molar-refractivity contribution in [2.45, 2.75) is 90.0 Å². The van der Waals surface area contributed by atoms with Crippen molar-refractivity contribution < 1.29 is 24.1 Å². The fraction of sp³-hybridized carbons (Fsp3) is 0.833. The van der Waals surface area contributed by atoms with E-state index in [4.69, 9.17) is 18.9 Å². The maximum Gasteiger partial charge on any atom is 0.158 e. The molecule has 0 bridgehead atoms. The van der Waals surface area contributed by atoms with Crippen molar-refractivity contribution >= 4 is 0 Å². The van der Waals surface area contributed by atoms with Crippen LogP contribution in [0.1, 0.15) is 59.8 Å². The number of ether oxygens (including phenoxy) is 4. The minimum atomic E-state index is -0.610. The summed E-state index contributed by atoms with van der Waals surface area (Å²) >= 11 is 0. The molecule has 6 atom stereocenters. The minimum Gasteiger partial charge on any atom is -0.389 e.